The summed E-state index contributed by atoms with van der Waals surface area (Å²) in [5.74, 6) is 0.157. The van der Waals surface area contributed by atoms with Crippen molar-refractivity contribution < 1.29 is 4.79 Å². The molecule has 1 heteroatoms. The first-order valence-corrected chi connectivity index (χ1v) is 8.25. The molecule has 0 spiro atoms. The van der Waals surface area contributed by atoms with Crippen LogP contribution in [0.3, 0.4) is 0 Å². The van der Waals surface area contributed by atoms with Crippen LogP contribution in [0.2, 0.25) is 0 Å². The number of aryl methyl sites for hydroxylation is 1. The summed E-state index contributed by atoms with van der Waals surface area (Å²) < 4.78 is 0. The van der Waals surface area contributed by atoms with E-state index < -0.39 is 0 Å². The number of carbonyl (C=O) groups is 1. The lowest BCUT2D eigenvalue weighted by Crippen LogP contribution is -1.96. The number of hydrogen-bond acceptors (Lipinski definition) is 1. The van der Waals surface area contributed by atoms with Gasteiger partial charge in [0.2, 0.25) is 0 Å². The molecule has 0 aliphatic heterocycles. The van der Waals surface area contributed by atoms with E-state index in [1.807, 2.05) is 12.1 Å². The van der Waals surface area contributed by atoms with Gasteiger partial charge >= 0.3 is 0 Å². The zero-order valence-electron chi connectivity index (χ0n) is 13.3. The maximum absolute atomic E-state index is 11.7. The Bertz CT molecular complexity index is 598. The molecular weight excluding hydrogens is 256 g/mol. The van der Waals surface area contributed by atoms with Gasteiger partial charge in [-0.05, 0) is 48.2 Å². The van der Waals surface area contributed by atoms with Gasteiger partial charge in [-0.2, -0.15) is 0 Å². The third kappa shape index (κ3) is 4.42. The molecule has 0 fully saturated rings. The van der Waals surface area contributed by atoms with Gasteiger partial charge in [-0.1, -0.05) is 63.3 Å². The molecule has 0 unspecified atom stereocenters. The zero-order chi connectivity index (χ0) is 15.1. The van der Waals surface area contributed by atoms with Crippen molar-refractivity contribution in [3.63, 3.8) is 0 Å². The van der Waals surface area contributed by atoms with Gasteiger partial charge in [0.1, 0.15) is 0 Å². The van der Waals surface area contributed by atoms with E-state index in [0.29, 0.717) is 0 Å². The normalized spacial score (nSPS) is 11.0. The Morgan fingerprint density at radius 2 is 1.67 bits per heavy atom. The predicted molar refractivity (Wildman–Crippen MR) is 91.0 cm³/mol. The van der Waals surface area contributed by atoms with E-state index in [0.717, 1.165) is 12.0 Å². The van der Waals surface area contributed by atoms with Gasteiger partial charge in [-0.25, -0.2) is 0 Å². The molecule has 0 aliphatic carbocycles. The van der Waals surface area contributed by atoms with Crippen LogP contribution in [0.25, 0.3) is 10.8 Å². The zero-order valence-corrected chi connectivity index (χ0v) is 13.3. The van der Waals surface area contributed by atoms with Crippen molar-refractivity contribution in [1.29, 1.82) is 0 Å². The summed E-state index contributed by atoms with van der Waals surface area (Å²) in [7, 11) is 0. The molecule has 112 valence electrons. The van der Waals surface area contributed by atoms with Crippen molar-refractivity contribution in [2.75, 3.05) is 0 Å². The van der Waals surface area contributed by atoms with Crippen LogP contribution in [0.1, 0.15) is 68.3 Å². The fourth-order valence-electron chi connectivity index (χ4n) is 2.90. The SMILES string of the molecule is CCCCCCCCc1cc(C(C)=O)cc2ccccc12. The predicted octanol–water partition coefficient (Wildman–Crippen LogP) is 5.95. The topological polar surface area (TPSA) is 17.1 Å². The second kappa shape index (κ2) is 7.97. The molecular formula is C20H26O. The highest BCUT2D eigenvalue weighted by atomic mass is 16.1. The summed E-state index contributed by atoms with van der Waals surface area (Å²) in [6.07, 6.45) is 8.92. The third-order valence-electron chi connectivity index (χ3n) is 4.15. The number of hydrogen-bond donors (Lipinski definition) is 0. The number of carbonyl (C=O) groups excluding carboxylic acids is 1. The van der Waals surface area contributed by atoms with E-state index in [1.54, 1.807) is 6.92 Å². The highest BCUT2D eigenvalue weighted by Crippen LogP contribution is 2.23. The lowest BCUT2D eigenvalue weighted by Gasteiger charge is -2.09. The Kier molecular flexibility index (Phi) is 5.98. The molecule has 0 aromatic heterocycles. The van der Waals surface area contributed by atoms with Crippen molar-refractivity contribution in [2.24, 2.45) is 0 Å². The number of Topliss-reactive ketones (excluding diaryl/α,β-unsaturated/α-hetero) is 1. The summed E-state index contributed by atoms with van der Waals surface area (Å²) in [6.45, 7) is 3.90. The van der Waals surface area contributed by atoms with Crippen LogP contribution in [-0.4, -0.2) is 5.78 Å². The van der Waals surface area contributed by atoms with Crippen molar-refractivity contribution in [3.05, 3.63) is 47.5 Å². The highest BCUT2D eigenvalue weighted by Gasteiger charge is 2.06. The molecule has 21 heavy (non-hydrogen) atoms. The Labute approximate surface area is 128 Å². The number of fused-ring (bicyclic) bond motifs is 1. The first-order valence-electron chi connectivity index (χ1n) is 8.25. The van der Waals surface area contributed by atoms with Crippen molar-refractivity contribution in [3.8, 4) is 0 Å². The maximum atomic E-state index is 11.7. The van der Waals surface area contributed by atoms with Crippen molar-refractivity contribution >= 4 is 16.6 Å². The Morgan fingerprint density at radius 3 is 2.43 bits per heavy atom. The van der Waals surface area contributed by atoms with Crippen LogP contribution in [0, 0.1) is 0 Å². The third-order valence-corrected chi connectivity index (χ3v) is 4.15. The van der Waals surface area contributed by atoms with Gasteiger partial charge in [-0.15, -0.1) is 0 Å². The van der Waals surface area contributed by atoms with E-state index in [-0.39, 0.29) is 5.78 Å². The van der Waals surface area contributed by atoms with Crippen LogP contribution in [-0.2, 0) is 6.42 Å². The van der Waals surface area contributed by atoms with Gasteiger partial charge in [0, 0.05) is 5.56 Å². The summed E-state index contributed by atoms with van der Waals surface area (Å²) in [6, 6.07) is 12.5. The minimum Gasteiger partial charge on any atom is -0.295 e. The van der Waals surface area contributed by atoms with Gasteiger partial charge in [0.25, 0.3) is 0 Å². The molecule has 0 atom stereocenters. The van der Waals surface area contributed by atoms with Crippen LogP contribution >= 0.6 is 0 Å². The highest BCUT2D eigenvalue weighted by molar-refractivity contribution is 5.99. The van der Waals surface area contributed by atoms with Crippen LogP contribution < -0.4 is 0 Å². The maximum Gasteiger partial charge on any atom is 0.159 e. The number of unbranched alkanes of at least 4 members (excludes halogenated alkanes) is 5. The van der Waals surface area contributed by atoms with Crippen molar-refractivity contribution in [1.82, 2.24) is 0 Å². The average molecular weight is 282 g/mol. The summed E-state index contributed by atoms with van der Waals surface area (Å²) in [5.41, 5.74) is 2.17. The molecule has 0 saturated heterocycles. The monoisotopic (exact) mass is 282 g/mol. The Hall–Kier alpha value is -1.63. The molecule has 2 aromatic carbocycles. The molecule has 0 heterocycles. The molecule has 1 nitrogen and oxygen atoms in total. The molecule has 0 saturated carbocycles. The second-order valence-corrected chi connectivity index (χ2v) is 5.93. The number of benzene rings is 2. The molecule has 2 rings (SSSR count). The van der Waals surface area contributed by atoms with Gasteiger partial charge in [-0.3, -0.25) is 4.79 Å². The molecule has 0 N–H and O–H groups in total. The smallest absolute Gasteiger partial charge is 0.159 e. The molecule has 0 amide bonds. The Balaban J connectivity index is 2.08. The van der Waals surface area contributed by atoms with Crippen LogP contribution in [0.4, 0.5) is 0 Å². The summed E-state index contributed by atoms with van der Waals surface area (Å²) in [5, 5.41) is 2.49. The quantitative estimate of drug-likeness (QED) is 0.432. The summed E-state index contributed by atoms with van der Waals surface area (Å²) in [4.78, 5) is 11.7. The van der Waals surface area contributed by atoms with Crippen LogP contribution in [0.15, 0.2) is 36.4 Å². The Morgan fingerprint density at radius 1 is 0.952 bits per heavy atom. The van der Waals surface area contributed by atoms with Gasteiger partial charge < -0.3 is 0 Å². The first-order chi connectivity index (χ1) is 10.2. The van der Waals surface area contributed by atoms with E-state index in [2.05, 4.69) is 31.2 Å². The molecule has 2 aromatic rings. The average Bonchev–Trinajstić information content (AvgIpc) is 2.50. The lowest BCUT2D eigenvalue weighted by molar-refractivity contribution is 0.101. The molecule has 0 aliphatic rings. The molecule has 0 bridgehead atoms. The van der Waals surface area contributed by atoms with E-state index in [9.17, 15) is 4.79 Å². The minimum absolute atomic E-state index is 0.157. The first kappa shape index (κ1) is 15.8. The minimum atomic E-state index is 0.157. The van der Waals surface area contributed by atoms with Gasteiger partial charge in [0.05, 0.1) is 0 Å². The number of ketones is 1. The second-order valence-electron chi connectivity index (χ2n) is 5.93. The summed E-state index contributed by atoms with van der Waals surface area (Å²) >= 11 is 0. The fraction of sp³-hybridized carbons (Fsp3) is 0.450. The standard InChI is InChI=1S/C20H26O/c1-3-4-5-6-7-8-11-17-14-19(16(2)21)15-18-12-9-10-13-20(17)18/h9-10,12-15H,3-8,11H2,1-2H3. The van der Waals surface area contributed by atoms with E-state index >= 15 is 0 Å². The van der Waals surface area contributed by atoms with Gasteiger partial charge in [0.15, 0.2) is 5.78 Å². The lowest BCUT2D eigenvalue weighted by atomic mass is 9.95. The largest absolute Gasteiger partial charge is 0.295 e. The fourth-order valence-corrected chi connectivity index (χ4v) is 2.90. The molecule has 0 radical (unpaired) electrons. The van der Waals surface area contributed by atoms with E-state index in [4.69, 9.17) is 0 Å². The van der Waals surface area contributed by atoms with Crippen molar-refractivity contribution in [2.45, 2.75) is 58.8 Å². The van der Waals surface area contributed by atoms with Crippen LogP contribution in [0.5, 0.6) is 0 Å². The number of rotatable bonds is 8. The van der Waals surface area contributed by atoms with E-state index in [1.165, 1.54) is 54.9 Å².